The summed E-state index contributed by atoms with van der Waals surface area (Å²) in [5, 5.41) is 3.56. The van der Waals surface area contributed by atoms with Crippen LogP contribution in [0.5, 0.6) is 0 Å². The average Bonchev–Trinajstić information content (AvgIpc) is 2.38. The number of amides is 2. The maximum absolute atomic E-state index is 12.5. The third kappa shape index (κ3) is 2.60. The monoisotopic (exact) mass is 334 g/mol. The van der Waals surface area contributed by atoms with Crippen molar-refractivity contribution < 1.29 is 9.59 Å². The molecule has 1 saturated heterocycles. The molecule has 4 nitrogen and oxygen atoms in total. The van der Waals surface area contributed by atoms with Crippen molar-refractivity contribution in [2.24, 2.45) is 0 Å². The average molecular weight is 336 g/mol. The number of carbonyl (C=O) groups excluding carboxylic acids is 2. The molecule has 108 valence electrons. The van der Waals surface area contributed by atoms with Crippen LogP contribution in [0, 0.1) is 0 Å². The molecule has 1 fully saturated rings. The SMILES string of the molecule is CCC1(C)NC(=O)CN(c2cc(Cl)c(Cl)cc2Cl)C1=O. The highest BCUT2D eigenvalue weighted by atomic mass is 35.5. The molecule has 1 N–H and O–H groups in total. The summed E-state index contributed by atoms with van der Waals surface area (Å²) in [5.41, 5.74) is -0.550. The van der Waals surface area contributed by atoms with E-state index in [4.69, 9.17) is 34.8 Å². The van der Waals surface area contributed by atoms with Gasteiger partial charge in [0.1, 0.15) is 12.1 Å². The van der Waals surface area contributed by atoms with E-state index in [2.05, 4.69) is 5.32 Å². The lowest BCUT2D eigenvalue weighted by atomic mass is 9.94. The summed E-state index contributed by atoms with van der Waals surface area (Å²) in [6, 6.07) is 2.96. The van der Waals surface area contributed by atoms with Crippen molar-refractivity contribution >= 4 is 52.3 Å². The first-order chi connectivity index (χ1) is 9.28. The molecule has 1 aliphatic heterocycles. The summed E-state index contributed by atoms with van der Waals surface area (Å²) in [7, 11) is 0. The fourth-order valence-corrected chi connectivity index (χ4v) is 2.71. The van der Waals surface area contributed by atoms with Gasteiger partial charge in [-0.15, -0.1) is 0 Å². The molecule has 0 aromatic heterocycles. The number of benzene rings is 1. The van der Waals surface area contributed by atoms with Gasteiger partial charge in [0, 0.05) is 0 Å². The van der Waals surface area contributed by atoms with Gasteiger partial charge in [-0.25, -0.2) is 0 Å². The molecule has 7 heteroatoms. The van der Waals surface area contributed by atoms with Gasteiger partial charge in [0.25, 0.3) is 5.91 Å². The Labute approximate surface area is 132 Å². The molecular formula is C13H13Cl3N2O2. The number of rotatable bonds is 2. The topological polar surface area (TPSA) is 49.4 Å². The number of anilines is 1. The first kappa shape index (κ1) is 15.4. The zero-order chi connectivity index (χ0) is 15.1. The Morgan fingerprint density at radius 1 is 1.20 bits per heavy atom. The van der Waals surface area contributed by atoms with E-state index in [9.17, 15) is 9.59 Å². The van der Waals surface area contributed by atoms with Crippen molar-refractivity contribution in [2.75, 3.05) is 11.4 Å². The Bertz CT molecular complexity index is 591. The van der Waals surface area contributed by atoms with Gasteiger partial charge in [-0.3, -0.25) is 14.5 Å². The third-order valence-electron chi connectivity index (χ3n) is 3.42. The molecule has 1 aliphatic rings. The molecule has 1 heterocycles. The maximum atomic E-state index is 12.5. The van der Waals surface area contributed by atoms with Crippen LogP contribution in [0.2, 0.25) is 15.1 Å². The van der Waals surface area contributed by atoms with E-state index in [1.54, 1.807) is 6.92 Å². The highest BCUT2D eigenvalue weighted by Gasteiger charge is 2.42. The van der Waals surface area contributed by atoms with Gasteiger partial charge < -0.3 is 5.32 Å². The second kappa shape index (κ2) is 5.43. The van der Waals surface area contributed by atoms with Gasteiger partial charge in [0.2, 0.25) is 5.91 Å². The van der Waals surface area contributed by atoms with Crippen LogP contribution in [0.1, 0.15) is 20.3 Å². The van der Waals surface area contributed by atoms with E-state index in [0.717, 1.165) is 0 Å². The molecule has 20 heavy (non-hydrogen) atoms. The predicted molar refractivity (Wildman–Crippen MR) is 80.7 cm³/mol. The number of nitrogens with zero attached hydrogens (tertiary/aromatic N) is 1. The maximum Gasteiger partial charge on any atom is 0.252 e. The number of halogens is 3. The standard InChI is InChI=1S/C13H13Cl3N2O2/c1-3-13(2)12(20)18(6-11(19)17-13)10-5-8(15)7(14)4-9(10)16/h4-5H,3,6H2,1-2H3,(H,17,19). The van der Waals surface area contributed by atoms with Gasteiger partial charge in [-0.05, 0) is 25.5 Å². The summed E-state index contributed by atoms with van der Waals surface area (Å²) >= 11 is 18.0. The fourth-order valence-electron chi connectivity index (χ4n) is 2.07. The molecular weight excluding hydrogens is 323 g/mol. The lowest BCUT2D eigenvalue weighted by Crippen LogP contribution is -2.65. The van der Waals surface area contributed by atoms with Gasteiger partial charge >= 0.3 is 0 Å². The van der Waals surface area contributed by atoms with Crippen LogP contribution in [-0.4, -0.2) is 23.9 Å². The molecule has 0 saturated carbocycles. The second-order valence-corrected chi connectivity index (χ2v) is 6.06. The number of piperazine rings is 1. The summed E-state index contributed by atoms with van der Waals surface area (Å²) in [6.45, 7) is 3.43. The number of hydrogen-bond donors (Lipinski definition) is 1. The summed E-state index contributed by atoms with van der Waals surface area (Å²) in [5.74, 6) is -0.462. The van der Waals surface area contributed by atoms with E-state index < -0.39 is 5.54 Å². The number of hydrogen-bond acceptors (Lipinski definition) is 2. The van der Waals surface area contributed by atoms with Crippen molar-refractivity contribution in [3.63, 3.8) is 0 Å². The number of carbonyl (C=O) groups is 2. The minimum atomic E-state index is -0.940. The molecule has 0 bridgehead atoms. The van der Waals surface area contributed by atoms with Gasteiger partial charge in [0.15, 0.2) is 0 Å². The van der Waals surface area contributed by atoms with Crippen molar-refractivity contribution in [3.05, 3.63) is 27.2 Å². The first-order valence-corrected chi connectivity index (χ1v) is 7.19. The van der Waals surface area contributed by atoms with Crippen molar-refractivity contribution in [2.45, 2.75) is 25.8 Å². The smallest absolute Gasteiger partial charge is 0.252 e. The zero-order valence-electron chi connectivity index (χ0n) is 11.0. The van der Waals surface area contributed by atoms with Crippen molar-refractivity contribution in [3.8, 4) is 0 Å². The normalized spacial score (nSPS) is 22.9. The largest absolute Gasteiger partial charge is 0.340 e. The van der Waals surface area contributed by atoms with Gasteiger partial charge in [0.05, 0.1) is 20.8 Å². The van der Waals surface area contributed by atoms with E-state index in [1.165, 1.54) is 17.0 Å². The summed E-state index contributed by atoms with van der Waals surface area (Å²) in [6.07, 6.45) is 0.479. The Balaban J connectivity index is 2.49. The van der Waals surface area contributed by atoms with E-state index in [-0.39, 0.29) is 28.4 Å². The van der Waals surface area contributed by atoms with E-state index in [0.29, 0.717) is 17.1 Å². The zero-order valence-corrected chi connectivity index (χ0v) is 13.2. The summed E-state index contributed by atoms with van der Waals surface area (Å²) in [4.78, 5) is 25.7. The van der Waals surface area contributed by atoms with Crippen LogP contribution < -0.4 is 10.2 Å². The third-order valence-corrected chi connectivity index (χ3v) is 4.45. The summed E-state index contributed by atoms with van der Waals surface area (Å²) < 4.78 is 0. The van der Waals surface area contributed by atoms with Crippen LogP contribution in [0.3, 0.4) is 0 Å². The Hall–Kier alpha value is -0.970. The first-order valence-electron chi connectivity index (χ1n) is 6.06. The van der Waals surface area contributed by atoms with Gasteiger partial charge in [-0.2, -0.15) is 0 Å². The highest BCUT2D eigenvalue weighted by molar-refractivity contribution is 6.44. The number of nitrogens with one attached hydrogen (secondary N) is 1. The fraction of sp³-hybridized carbons (Fsp3) is 0.385. The van der Waals surface area contributed by atoms with Crippen LogP contribution in [0.4, 0.5) is 5.69 Å². The minimum absolute atomic E-state index is 0.0912. The molecule has 1 unspecified atom stereocenters. The van der Waals surface area contributed by atoms with Crippen LogP contribution in [0.15, 0.2) is 12.1 Å². The quantitative estimate of drug-likeness (QED) is 0.843. The minimum Gasteiger partial charge on any atom is -0.340 e. The highest BCUT2D eigenvalue weighted by Crippen LogP contribution is 2.36. The second-order valence-electron chi connectivity index (χ2n) is 4.84. The van der Waals surface area contributed by atoms with Crippen LogP contribution >= 0.6 is 34.8 Å². The van der Waals surface area contributed by atoms with E-state index in [1.807, 2.05) is 6.92 Å². The van der Waals surface area contributed by atoms with Crippen LogP contribution in [-0.2, 0) is 9.59 Å². The molecule has 1 aromatic rings. The Morgan fingerprint density at radius 3 is 2.40 bits per heavy atom. The Morgan fingerprint density at radius 2 is 1.80 bits per heavy atom. The predicted octanol–water partition coefficient (Wildman–Crippen LogP) is 3.28. The molecule has 0 aliphatic carbocycles. The lowest BCUT2D eigenvalue weighted by molar-refractivity contribution is -0.135. The van der Waals surface area contributed by atoms with Crippen molar-refractivity contribution in [1.29, 1.82) is 0 Å². The lowest BCUT2D eigenvalue weighted by Gasteiger charge is -2.39. The Kier molecular flexibility index (Phi) is 4.19. The molecule has 0 radical (unpaired) electrons. The van der Waals surface area contributed by atoms with Crippen molar-refractivity contribution in [1.82, 2.24) is 5.32 Å². The van der Waals surface area contributed by atoms with Crippen LogP contribution in [0.25, 0.3) is 0 Å². The molecule has 1 atom stereocenters. The molecule has 1 aromatic carbocycles. The molecule has 2 amide bonds. The van der Waals surface area contributed by atoms with E-state index >= 15 is 0 Å². The van der Waals surface area contributed by atoms with Gasteiger partial charge in [-0.1, -0.05) is 41.7 Å². The molecule has 0 spiro atoms. The molecule has 2 rings (SSSR count).